The molecule has 72 valence electrons. The highest BCUT2D eigenvalue weighted by Gasteiger charge is 2.11. The average Bonchev–Trinajstić information content (AvgIpc) is 2.13. The fourth-order valence-corrected chi connectivity index (χ4v) is 1.20. The van der Waals surface area contributed by atoms with E-state index >= 15 is 0 Å². The second kappa shape index (κ2) is 4.32. The molecule has 13 heavy (non-hydrogen) atoms. The lowest BCUT2D eigenvalue weighted by Crippen LogP contribution is -2.21. The number of rotatable bonds is 3. The van der Waals surface area contributed by atoms with Gasteiger partial charge in [0.25, 0.3) is 0 Å². The Labute approximate surface area is 75.8 Å². The van der Waals surface area contributed by atoms with Crippen LogP contribution < -0.4 is 5.48 Å². The maximum atomic E-state index is 12.8. The van der Waals surface area contributed by atoms with Crippen LogP contribution in [0.1, 0.15) is 17.2 Å². The largest absolute Gasteiger partial charge is 0.394 e. The number of hydrogen-bond donors (Lipinski definition) is 3. The maximum absolute atomic E-state index is 12.8. The summed E-state index contributed by atoms with van der Waals surface area (Å²) >= 11 is 0. The number of benzene rings is 1. The molecule has 0 aliphatic heterocycles. The van der Waals surface area contributed by atoms with E-state index in [4.69, 9.17) is 10.3 Å². The van der Waals surface area contributed by atoms with Crippen molar-refractivity contribution in [3.63, 3.8) is 0 Å². The third-order valence-corrected chi connectivity index (χ3v) is 1.96. The zero-order chi connectivity index (χ0) is 9.84. The van der Waals surface area contributed by atoms with Crippen LogP contribution in [0.15, 0.2) is 18.2 Å². The molecule has 0 aliphatic carbocycles. The van der Waals surface area contributed by atoms with E-state index in [0.717, 1.165) is 5.56 Å². The standard InChI is InChI=1S/C9H12FNO2/c1-6-2-3-7(10)4-8(6)9(5-12)11-13/h2-4,9,11-13H,5H2,1H3/t9-/m0/s1. The molecule has 0 aromatic heterocycles. The molecule has 0 radical (unpaired) electrons. The van der Waals surface area contributed by atoms with E-state index in [9.17, 15) is 4.39 Å². The number of halogens is 1. The quantitative estimate of drug-likeness (QED) is 0.619. The van der Waals surface area contributed by atoms with Crippen LogP contribution in [0.4, 0.5) is 4.39 Å². The molecule has 0 bridgehead atoms. The molecule has 3 nitrogen and oxygen atoms in total. The van der Waals surface area contributed by atoms with Crippen molar-refractivity contribution >= 4 is 0 Å². The van der Waals surface area contributed by atoms with E-state index in [0.29, 0.717) is 5.56 Å². The van der Waals surface area contributed by atoms with Gasteiger partial charge in [-0.15, -0.1) is 0 Å². The third kappa shape index (κ3) is 2.24. The summed E-state index contributed by atoms with van der Waals surface area (Å²) in [6.45, 7) is 1.51. The molecule has 0 saturated heterocycles. The number of aryl methyl sites for hydroxylation is 1. The molecular formula is C9H12FNO2. The number of hydrogen-bond acceptors (Lipinski definition) is 3. The molecule has 0 fully saturated rings. The highest BCUT2D eigenvalue weighted by atomic mass is 19.1. The fourth-order valence-electron chi connectivity index (χ4n) is 1.20. The zero-order valence-electron chi connectivity index (χ0n) is 7.29. The van der Waals surface area contributed by atoms with Crippen LogP contribution in [0, 0.1) is 12.7 Å². The van der Waals surface area contributed by atoms with Crippen molar-refractivity contribution in [2.24, 2.45) is 0 Å². The molecule has 3 N–H and O–H groups in total. The van der Waals surface area contributed by atoms with Crippen molar-refractivity contribution in [2.45, 2.75) is 13.0 Å². The summed E-state index contributed by atoms with van der Waals surface area (Å²) in [5.41, 5.74) is 3.30. The zero-order valence-corrected chi connectivity index (χ0v) is 7.29. The Bertz CT molecular complexity index is 287. The number of hydroxylamine groups is 1. The van der Waals surface area contributed by atoms with Gasteiger partial charge < -0.3 is 10.3 Å². The smallest absolute Gasteiger partial charge is 0.123 e. The van der Waals surface area contributed by atoms with Crippen molar-refractivity contribution in [1.82, 2.24) is 5.48 Å². The SMILES string of the molecule is Cc1ccc(F)cc1[C@H](CO)NO. The van der Waals surface area contributed by atoms with E-state index in [1.54, 1.807) is 13.0 Å². The molecule has 0 unspecified atom stereocenters. The minimum atomic E-state index is -0.629. The van der Waals surface area contributed by atoms with Crippen LogP contribution in [0.2, 0.25) is 0 Å². The van der Waals surface area contributed by atoms with Gasteiger partial charge >= 0.3 is 0 Å². The Balaban J connectivity index is 3.03. The fraction of sp³-hybridized carbons (Fsp3) is 0.333. The van der Waals surface area contributed by atoms with Gasteiger partial charge in [-0.2, -0.15) is 5.48 Å². The van der Waals surface area contributed by atoms with Crippen LogP contribution in [0.3, 0.4) is 0 Å². The lowest BCUT2D eigenvalue weighted by Gasteiger charge is -2.14. The molecule has 0 saturated carbocycles. The first-order chi connectivity index (χ1) is 6.19. The third-order valence-electron chi connectivity index (χ3n) is 1.96. The molecular weight excluding hydrogens is 173 g/mol. The highest BCUT2D eigenvalue weighted by Crippen LogP contribution is 2.17. The van der Waals surface area contributed by atoms with Gasteiger partial charge in [-0.1, -0.05) is 6.07 Å². The van der Waals surface area contributed by atoms with Gasteiger partial charge in [-0.05, 0) is 30.2 Å². The van der Waals surface area contributed by atoms with Crippen LogP contribution in [-0.4, -0.2) is 16.9 Å². The van der Waals surface area contributed by atoms with E-state index in [1.165, 1.54) is 12.1 Å². The minimum absolute atomic E-state index is 0.277. The molecule has 0 amide bonds. The van der Waals surface area contributed by atoms with Gasteiger partial charge in [0, 0.05) is 0 Å². The Morgan fingerprint density at radius 3 is 2.77 bits per heavy atom. The summed E-state index contributed by atoms with van der Waals surface area (Å²) in [6, 6.07) is 3.60. The van der Waals surface area contributed by atoms with E-state index < -0.39 is 6.04 Å². The molecule has 4 heteroatoms. The van der Waals surface area contributed by atoms with Gasteiger partial charge in [0.05, 0.1) is 12.6 Å². The van der Waals surface area contributed by atoms with Crippen LogP contribution in [0.5, 0.6) is 0 Å². The predicted molar refractivity (Wildman–Crippen MR) is 45.9 cm³/mol. The Hall–Kier alpha value is -0.970. The van der Waals surface area contributed by atoms with Crippen molar-refractivity contribution in [1.29, 1.82) is 0 Å². The first kappa shape index (κ1) is 10.1. The molecule has 1 aromatic rings. The minimum Gasteiger partial charge on any atom is -0.394 e. The topological polar surface area (TPSA) is 52.5 Å². The number of aliphatic hydroxyl groups is 1. The molecule has 1 atom stereocenters. The second-order valence-corrected chi connectivity index (χ2v) is 2.87. The van der Waals surface area contributed by atoms with Crippen LogP contribution in [-0.2, 0) is 0 Å². The predicted octanol–water partition coefficient (Wildman–Crippen LogP) is 1.15. The molecule has 0 aliphatic rings. The number of nitrogens with one attached hydrogen (secondary N) is 1. The van der Waals surface area contributed by atoms with E-state index in [1.807, 2.05) is 5.48 Å². The summed E-state index contributed by atoms with van der Waals surface area (Å²) in [5.74, 6) is -0.380. The molecule has 0 heterocycles. The van der Waals surface area contributed by atoms with Gasteiger partial charge in [-0.3, -0.25) is 0 Å². The monoisotopic (exact) mass is 185 g/mol. The summed E-state index contributed by atoms with van der Waals surface area (Å²) < 4.78 is 12.8. The molecule has 1 rings (SSSR count). The Morgan fingerprint density at radius 1 is 1.54 bits per heavy atom. The van der Waals surface area contributed by atoms with Gasteiger partial charge in [0.1, 0.15) is 5.82 Å². The number of aliphatic hydroxyl groups excluding tert-OH is 1. The van der Waals surface area contributed by atoms with Crippen molar-refractivity contribution in [3.05, 3.63) is 35.1 Å². The lowest BCUT2D eigenvalue weighted by molar-refractivity contribution is 0.0902. The second-order valence-electron chi connectivity index (χ2n) is 2.87. The van der Waals surface area contributed by atoms with Gasteiger partial charge in [-0.25, -0.2) is 4.39 Å². The van der Waals surface area contributed by atoms with Gasteiger partial charge in [0.15, 0.2) is 0 Å². The lowest BCUT2D eigenvalue weighted by atomic mass is 10.0. The van der Waals surface area contributed by atoms with Crippen molar-refractivity contribution < 1.29 is 14.7 Å². The van der Waals surface area contributed by atoms with E-state index in [-0.39, 0.29) is 12.4 Å². The average molecular weight is 185 g/mol. The van der Waals surface area contributed by atoms with Gasteiger partial charge in [0.2, 0.25) is 0 Å². The first-order valence-electron chi connectivity index (χ1n) is 3.95. The normalized spacial score (nSPS) is 12.9. The summed E-state index contributed by atoms with van der Waals surface area (Å²) in [5, 5.41) is 17.5. The summed E-state index contributed by atoms with van der Waals surface area (Å²) in [4.78, 5) is 0. The van der Waals surface area contributed by atoms with Crippen molar-refractivity contribution in [3.8, 4) is 0 Å². The van der Waals surface area contributed by atoms with Crippen LogP contribution >= 0.6 is 0 Å². The summed E-state index contributed by atoms with van der Waals surface area (Å²) in [7, 11) is 0. The van der Waals surface area contributed by atoms with Crippen LogP contribution in [0.25, 0.3) is 0 Å². The summed E-state index contributed by atoms with van der Waals surface area (Å²) in [6.07, 6.45) is 0. The molecule has 1 aromatic carbocycles. The maximum Gasteiger partial charge on any atom is 0.123 e. The Morgan fingerprint density at radius 2 is 2.23 bits per heavy atom. The van der Waals surface area contributed by atoms with E-state index in [2.05, 4.69) is 0 Å². The first-order valence-corrected chi connectivity index (χ1v) is 3.95. The molecule has 0 spiro atoms. The van der Waals surface area contributed by atoms with Crippen molar-refractivity contribution in [2.75, 3.05) is 6.61 Å². The Kier molecular flexibility index (Phi) is 3.36. The highest BCUT2D eigenvalue weighted by molar-refractivity contribution is 5.29.